The fourth-order valence-electron chi connectivity index (χ4n) is 0.763. The summed E-state index contributed by atoms with van der Waals surface area (Å²) in [6.45, 7) is 3.54. The van der Waals surface area contributed by atoms with Crippen LogP contribution in [0.15, 0.2) is 0 Å². The first-order valence-electron chi connectivity index (χ1n) is 4.04. The highest BCUT2D eigenvalue weighted by molar-refractivity contribution is 5.75. The smallest absolute Gasteiger partial charge is 0.129 e. The number of carbonyl (C=O) groups excluding carboxylic acids is 1. The minimum atomic E-state index is 0.254. The molecular weight excluding hydrogens is 142 g/mol. The highest BCUT2D eigenvalue weighted by Gasteiger charge is 1.92. The first kappa shape index (κ1) is 10.6. The Kier molecular flexibility index (Phi) is 7.41. The molecule has 0 aliphatic rings. The summed E-state index contributed by atoms with van der Waals surface area (Å²) in [6.07, 6.45) is 2.56. The number of hydrogen-bond donors (Lipinski definition) is 1. The van der Waals surface area contributed by atoms with Crippen molar-refractivity contribution in [2.45, 2.75) is 26.2 Å². The number of carbonyl (C=O) groups is 1. The molecule has 0 radical (unpaired) electrons. The normalized spacial score (nSPS) is 10.0. The Balaban J connectivity index is 2.85. The van der Waals surface area contributed by atoms with E-state index in [9.17, 15) is 4.79 Å². The lowest BCUT2D eigenvalue weighted by atomic mass is 10.2. The molecule has 0 aromatic carbocycles. The van der Waals surface area contributed by atoms with Crippen molar-refractivity contribution < 1.29 is 9.53 Å². The van der Waals surface area contributed by atoms with Crippen LogP contribution in [0.3, 0.4) is 0 Å². The summed E-state index contributed by atoms with van der Waals surface area (Å²) in [7, 11) is 0. The van der Waals surface area contributed by atoms with Crippen molar-refractivity contribution in [3.8, 4) is 0 Å². The monoisotopic (exact) mass is 159 g/mol. The number of unbranched alkanes of at least 4 members (excludes halogenated alkanes) is 1. The summed E-state index contributed by atoms with van der Waals surface area (Å²) >= 11 is 0. The van der Waals surface area contributed by atoms with Gasteiger partial charge in [0.25, 0.3) is 0 Å². The molecule has 11 heavy (non-hydrogen) atoms. The molecule has 0 aromatic heterocycles. The van der Waals surface area contributed by atoms with Crippen molar-refractivity contribution >= 4 is 5.78 Å². The molecule has 0 atom stereocenters. The van der Waals surface area contributed by atoms with Crippen LogP contribution in [-0.2, 0) is 9.53 Å². The summed E-state index contributed by atoms with van der Waals surface area (Å²) in [5.41, 5.74) is 5.21. The Morgan fingerprint density at radius 2 is 2.09 bits per heavy atom. The zero-order valence-corrected chi connectivity index (χ0v) is 7.14. The number of nitrogens with two attached hydrogens (primary N) is 1. The van der Waals surface area contributed by atoms with E-state index >= 15 is 0 Å². The Bertz CT molecular complexity index is 104. The van der Waals surface area contributed by atoms with E-state index in [1.807, 2.05) is 0 Å². The molecule has 66 valence electrons. The summed E-state index contributed by atoms with van der Waals surface area (Å²) in [6, 6.07) is 0. The van der Waals surface area contributed by atoms with E-state index < -0.39 is 0 Å². The Hall–Kier alpha value is -0.410. The zero-order valence-electron chi connectivity index (χ0n) is 7.14. The summed E-state index contributed by atoms with van der Waals surface area (Å²) in [5, 5.41) is 0. The minimum Gasteiger partial charge on any atom is -0.380 e. The van der Waals surface area contributed by atoms with E-state index in [2.05, 4.69) is 0 Å². The van der Waals surface area contributed by atoms with E-state index in [0.29, 0.717) is 19.6 Å². The minimum absolute atomic E-state index is 0.254. The van der Waals surface area contributed by atoms with Gasteiger partial charge in [0.15, 0.2) is 0 Å². The van der Waals surface area contributed by atoms with Crippen LogP contribution in [0, 0.1) is 0 Å². The van der Waals surface area contributed by atoms with Crippen molar-refractivity contribution in [1.29, 1.82) is 0 Å². The van der Waals surface area contributed by atoms with E-state index in [-0.39, 0.29) is 5.78 Å². The average Bonchev–Trinajstić information content (AvgIpc) is 1.96. The van der Waals surface area contributed by atoms with E-state index in [4.69, 9.17) is 10.5 Å². The van der Waals surface area contributed by atoms with Gasteiger partial charge < -0.3 is 15.3 Å². The molecule has 0 spiro atoms. The highest BCUT2D eigenvalue weighted by Crippen LogP contribution is 1.95. The third-order valence-electron chi connectivity index (χ3n) is 1.33. The Morgan fingerprint density at radius 1 is 1.36 bits per heavy atom. The quantitative estimate of drug-likeness (QED) is 0.557. The maximum absolute atomic E-state index is 10.5. The average molecular weight is 159 g/mol. The third kappa shape index (κ3) is 9.59. The van der Waals surface area contributed by atoms with Crippen LogP contribution in [0.25, 0.3) is 0 Å². The van der Waals surface area contributed by atoms with Gasteiger partial charge >= 0.3 is 0 Å². The van der Waals surface area contributed by atoms with Gasteiger partial charge in [0, 0.05) is 19.6 Å². The molecule has 3 heteroatoms. The van der Waals surface area contributed by atoms with Gasteiger partial charge in [0.1, 0.15) is 5.78 Å². The van der Waals surface area contributed by atoms with E-state index in [0.717, 1.165) is 19.4 Å². The number of ketones is 1. The van der Waals surface area contributed by atoms with Crippen LogP contribution < -0.4 is 5.73 Å². The van der Waals surface area contributed by atoms with Crippen molar-refractivity contribution in [3.63, 3.8) is 0 Å². The molecule has 0 rings (SSSR count). The maximum Gasteiger partial charge on any atom is 0.129 e. The summed E-state index contributed by atoms with van der Waals surface area (Å²) in [5.74, 6) is 0.254. The first-order chi connectivity index (χ1) is 5.27. The van der Waals surface area contributed by atoms with Crippen molar-refractivity contribution in [1.82, 2.24) is 0 Å². The molecule has 0 saturated heterocycles. The van der Waals surface area contributed by atoms with Crippen LogP contribution in [0.4, 0.5) is 0 Å². The molecule has 0 aliphatic heterocycles. The van der Waals surface area contributed by atoms with Gasteiger partial charge in [-0.15, -0.1) is 0 Å². The predicted molar refractivity (Wildman–Crippen MR) is 44.4 cm³/mol. The van der Waals surface area contributed by atoms with E-state index in [1.54, 1.807) is 6.92 Å². The fraction of sp³-hybridized carbons (Fsp3) is 0.875. The molecule has 0 unspecified atom stereocenters. The molecule has 0 aromatic rings. The lowest BCUT2D eigenvalue weighted by molar-refractivity contribution is -0.117. The van der Waals surface area contributed by atoms with Crippen LogP contribution in [0.5, 0.6) is 0 Å². The maximum atomic E-state index is 10.5. The van der Waals surface area contributed by atoms with Crippen LogP contribution in [0.2, 0.25) is 0 Å². The zero-order chi connectivity index (χ0) is 8.53. The number of Topliss-reactive ketones (excluding diaryl/α,β-unsaturated/α-hetero) is 1. The van der Waals surface area contributed by atoms with Gasteiger partial charge in [-0.2, -0.15) is 0 Å². The van der Waals surface area contributed by atoms with Gasteiger partial charge in [-0.05, 0) is 19.8 Å². The second kappa shape index (κ2) is 7.69. The van der Waals surface area contributed by atoms with Crippen LogP contribution in [-0.4, -0.2) is 25.5 Å². The number of ether oxygens (including phenoxy) is 1. The van der Waals surface area contributed by atoms with Gasteiger partial charge in [0.05, 0.1) is 6.61 Å². The SMILES string of the molecule is CC(=O)CCCCOCCN. The highest BCUT2D eigenvalue weighted by atomic mass is 16.5. The van der Waals surface area contributed by atoms with Crippen molar-refractivity contribution in [3.05, 3.63) is 0 Å². The second-order valence-corrected chi connectivity index (χ2v) is 2.56. The molecule has 0 aliphatic carbocycles. The molecule has 0 bridgehead atoms. The number of rotatable bonds is 7. The number of hydrogen-bond acceptors (Lipinski definition) is 3. The third-order valence-corrected chi connectivity index (χ3v) is 1.33. The standard InChI is InChI=1S/C8H17NO2/c1-8(10)4-2-3-6-11-7-5-9/h2-7,9H2,1H3. The van der Waals surface area contributed by atoms with Crippen molar-refractivity contribution in [2.24, 2.45) is 5.73 Å². The fourth-order valence-corrected chi connectivity index (χ4v) is 0.763. The lowest BCUT2D eigenvalue weighted by Gasteiger charge is -2.00. The van der Waals surface area contributed by atoms with Gasteiger partial charge in [-0.25, -0.2) is 0 Å². The molecule has 3 nitrogen and oxygen atoms in total. The predicted octanol–water partition coefficient (Wildman–Crippen LogP) is 0.721. The van der Waals surface area contributed by atoms with Gasteiger partial charge in [0.2, 0.25) is 0 Å². The van der Waals surface area contributed by atoms with Crippen LogP contribution >= 0.6 is 0 Å². The Labute approximate surface area is 67.9 Å². The molecule has 0 saturated carbocycles. The van der Waals surface area contributed by atoms with Gasteiger partial charge in [-0.3, -0.25) is 0 Å². The van der Waals surface area contributed by atoms with E-state index in [1.165, 1.54) is 0 Å². The molecular formula is C8H17NO2. The van der Waals surface area contributed by atoms with Crippen LogP contribution in [0.1, 0.15) is 26.2 Å². The topological polar surface area (TPSA) is 52.3 Å². The van der Waals surface area contributed by atoms with Gasteiger partial charge in [-0.1, -0.05) is 0 Å². The molecule has 0 fully saturated rings. The molecule has 0 heterocycles. The second-order valence-electron chi connectivity index (χ2n) is 2.56. The van der Waals surface area contributed by atoms with Crippen molar-refractivity contribution in [2.75, 3.05) is 19.8 Å². The first-order valence-corrected chi connectivity index (χ1v) is 4.04. The largest absolute Gasteiger partial charge is 0.380 e. The lowest BCUT2D eigenvalue weighted by Crippen LogP contribution is -2.09. The molecule has 0 amide bonds. The summed E-state index contributed by atoms with van der Waals surface area (Å²) in [4.78, 5) is 10.5. The summed E-state index contributed by atoms with van der Waals surface area (Å²) < 4.78 is 5.13. The Morgan fingerprint density at radius 3 is 2.64 bits per heavy atom. The molecule has 2 N–H and O–H groups in total.